The minimum Gasteiger partial charge on any atom is -0.378 e. The largest absolute Gasteiger partial charge is 0.378 e. The van der Waals surface area contributed by atoms with E-state index in [0.717, 1.165) is 30.0 Å². The highest BCUT2D eigenvalue weighted by Crippen LogP contribution is 2.29. The number of hydrogen-bond donors (Lipinski definition) is 0. The van der Waals surface area contributed by atoms with Gasteiger partial charge < -0.3 is 4.74 Å². The van der Waals surface area contributed by atoms with Crippen LogP contribution in [0.4, 0.5) is 0 Å². The minimum absolute atomic E-state index is 0.0674. The molecule has 1 aromatic carbocycles. The van der Waals surface area contributed by atoms with Gasteiger partial charge in [0.2, 0.25) is 0 Å². The molecule has 0 bridgehead atoms. The van der Waals surface area contributed by atoms with Gasteiger partial charge in [-0.05, 0) is 49.8 Å². The zero-order valence-corrected chi connectivity index (χ0v) is 11.4. The van der Waals surface area contributed by atoms with Crippen LogP contribution in [-0.4, -0.2) is 12.7 Å². The number of halogens is 2. The van der Waals surface area contributed by atoms with E-state index in [-0.39, 0.29) is 5.38 Å². The van der Waals surface area contributed by atoms with Gasteiger partial charge in [0.1, 0.15) is 0 Å². The van der Waals surface area contributed by atoms with Crippen LogP contribution in [0.15, 0.2) is 24.3 Å². The van der Waals surface area contributed by atoms with Crippen molar-refractivity contribution in [2.75, 3.05) is 6.61 Å². The first kappa shape index (κ1) is 13.2. The summed E-state index contributed by atoms with van der Waals surface area (Å²) in [6.45, 7) is 0.915. The zero-order chi connectivity index (χ0) is 12.1. The quantitative estimate of drug-likeness (QED) is 0.704. The Morgan fingerprint density at radius 3 is 2.65 bits per heavy atom. The third-order valence-electron chi connectivity index (χ3n) is 3.25. The molecule has 0 aliphatic carbocycles. The number of ether oxygens (including phenoxy) is 1. The van der Waals surface area contributed by atoms with Gasteiger partial charge in [0.25, 0.3) is 0 Å². The highest BCUT2D eigenvalue weighted by atomic mass is 35.5. The lowest BCUT2D eigenvalue weighted by Crippen LogP contribution is -2.19. The molecule has 3 heteroatoms. The Morgan fingerprint density at radius 1 is 1.24 bits per heavy atom. The van der Waals surface area contributed by atoms with Crippen molar-refractivity contribution in [3.8, 4) is 0 Å². The zero-order valence-electron chi connectivity index (χ0n) is 9.87. The van der Waals surface area contributed by atoms with Gasteiger partial charge in [-0.3, -0.25) is 0 Å². The molecule has 1 fully saturated rings. The summed E-state index contributed by atoms with van der Waals surface area (Å²) in [7, 11) is 0. The van der Waals surface area contributed by atoms with E-state index < -0.39 is 0 Å². The maximum atomic E-state index is 6.38. The Balaban J connectivity index is 1.80. The van der Waals surface area contributed by atoms with Gasteiger partial charge in [-0.25, -0.2) is 0 Å². The van der Waals surface area contributed by atoms with Gasteiger partial charge in [0.05, 0.1) is 11.5 Å². The Bertz CT molecular complexity index is 331. The molecule has 94 valence electrons. The highest BCUT2D eigenvalue weighted by molar-refractivity contribution is 6.30. The van der Waals surface area contributed by atoms with Crippen molar-refractivity contribution >= 4 is 23.2 Å². The van der Waals surface area contributed by atoms with Crippen LogP contribution in [0.5, 0.6) is 0 Å². The molecule has 2 unspecified atom stereocenters. The van der Waals surface area contributed by atoms with Crippen LogP contribution in [0.2, 0.25) is 5.02 Å². The molecule has 17 heavy (non-hydrogen) atoms. The van der Waals surface area contributed by atoms with Crippen LogP contribution < -0.4 is 0 Å². The molecule has 2 atom stereocenters. The molecular weight excluding hydrogens is 255 g/mol. The van der Waals surface area contributed by atoms with Gasteiger partial charge in [0.15, 0.2) is 0 Å². The average Bonchev–Trinajstić information content (AvgIpc) is 2.38. The van der Waals surface area contributed by atoms with Crippen molar-refractivity contribution < 1.29 is 4.74 Å². The molecule has 0 saturated carbocycles. The summed E-state index contributed by atoms with van der Waals surface area (Å²) in [5.74, 6) is 0. The van der Waals surface area contributed by atoms with Gasteiger partial charge >= 0.3 is 0 Å². The number of alkyl halides is 1. The molecule has 2 rings (SSSR count). The fraction of sp³-hybridized carbons (Fsp3) is 0.571. The minimum atomic E-state index is 0.0674. The number of benzene rings is 1. The van der Waals surface area contributed by atoms with E-state index in [2.05, 4.69) is 0 Å². The molecule has 1 nitrogen and oxygen atoms in total. The predicted octanol–water partition coefficient (Wildman–Crippen LogP) is 4.97. The average molecular weight is 273 g/mol. The maximum absolute atomic E-state index is 6.38. The van der Waals surface area contributed by atoms with Crippen molar-refractivity contribution in [3.63, 3.8) is 0 Å². The topological polar surface area (TPSA) is 9.23 Å². The Morgan fingerprint density at radius 2 is 2.00 bits per heavy atom. The highest BCUT2D eigenvalue weighted by Gasteiger charge is 2.16. The molecule has 1 saturated heterocycles. The van der Waals surface area contributed by atoms with Gasteiger partial charge in [-0.1, -0.05) is 23.7 Å². The second-order valence-corrected chi connectivity index (χ2v) is 5.55. The molecule has 1 aliphatic rings. The van der Waals surface area contributed by atoms with Crippen LogP contribution in [0.25, 0.3) is 0 Å². The van der Waals surface area contributed by atoms with E-state index in [1.165, 1.54) is 19.3 Å². The second kappa shape index (κ2) is 6.63. The van der Waals surface area contributed by atoms with Crippen molar-refractivity contribution in [1.82, 2.24) is 0 Å². The first-order valence-corrected chi connectivity index (χ1v) is 7.08. The summed E-state index contributed by atoms with van der Waals surface area (Å²) in [6, 6.07) is 7.79. The van der Waals surface area contributed by atoms with Crippen molar-refractivity contribution in [3.05, 3.63) is 34.9 Å². The number of hydrogen-bond acceptors (Lipinski definition) is 1. The van der Waals surface area contributed by atoms with E-state index >= 15 is 0 Å². The summed E-state index contributed by atoms with van der Waals surface area (Å²) >= 11 is 12.2. The van der Waals surface area contributed by atoms with Crippen LogP contribution in [0, 0.1) is 0 Å². The molecule has 1 heterocycles. The molecule has 0 amide bonds. The van der Waals surface area contributed by atoms with Gasteiger partial charge in [-0.2, -0.15) is 0 Å². The second-order valence-electron chi connectivity index (χ2n) is 4.59. The maximum Gasteiger partial charge on any atom is 0.0586 e. The van der Waals surface area contributed by atoms with Crippen molar-refractivity contribution in [2.45, 2.75) is 43.6 Å². The summed E-state index contributed by atoms with van der Waals surface area (Å²) in [5, 5.41) is 0.825. The summed E-state index contributed by atoms with van der Waals surface area (Å²) in [5.41, 5.74) is 1.15. The van der Waals surface area contributed by atoms with Crippen LogP contribution >= 0.6 is 23.2 Å². The first-order valence-electron chi connectivity index (χ1n) is 6.27. The van der Waals surface area contributed by atoms with Crippen LogP contribution in [0.3, 0.4) is 0 Å². The monoisotopic (exact) mass is 272 g/mol. The lowest BCUT2D eigenvalue weighted by atomic mass is 10.0. The molecule has 1 aliphatic heterocycles. The fourth-order valence-electron chi connectivity index (χ4n) is 2.21. The lowest BCUT2D eigenvalue weighted by molar-refractivity contribution is 0.0100. The predicted molar refractivity (Wildman–Crippen MR) is 72.9 cm³/mol. The molecule has 0 N–H and O–H groups in total. The van der Waals surface area contributed by atoms with Gasteiger partial charge in [0, 0.05) is 11.6 Å². The summed E-state index contributed by atoms with van der Waals surface area (Å²) in [4.78, 5) is 0. The smallest absolute Gasteiger partial charge is 0.0586 e. The molecule has 0 spiro atoms. The third kappa shape index (κ3) is 4.17. The molecule has 0 radical (unpaired) electrons. The third-order valence-corrected chi connectivity index (χ3v) is 3.97. The van der Waals surface area contributed by atoms with E-state index in [0.29, 0.717) is 6.10 Å². The summed E-state index contributed by atoms with van der Waals surface area (Å²) < 4.78 is 5.70. The van der Waals surface area contributed by atoms with Crippen molar-refractivity contribution in [1.29, 1.82) is 0 Å². The molecule has 0 aromatic heterocycles. The normalized spacial score (nSPS) is 22.4. The fourth-order valence-corrected chi connectivity index (χ4v) is 2.60. The van der Waals surface area contributed by atoms with E-state index in [1.807, 2.05) is 24.3 Å². The van der Waals surface area contributed by atoms with Crippen LogP contribution in [0.1, 0.15) is 43.0 Å². The molecule has 1 aromatic rings. The van der Waals surface area contributed by atoms with E-state index in [4.69, 9.17) is 27.9 Å². The Labute approximate surface area is 113 Å². The van der Waals surface area contributed by atoms with Crippen molar-refractivity contribution in [2.24, 2.45) is 0 Å². The van der Waals surface area contributed by atoms with E-state index in [1.54, 1.807) is 0 Å². The first-order chi connectivity index (χ1) is 8.25. The number of rotatable bonds is 4. The van der Waals surface area contributed by atoms with Crippen LogP contribution in [-0.2, 0) is 4.74 Å². The Hall–Kier alpha value is -0.240. The Kier molecular flexibility index (Phi) is 5.15. The summed E-state index contributed by atoms with van der Waals surface area (Å²) in [6.07, 6.45) is 6.11. The molecular formula is C14H18Cl2O. The van der Waals surface area contributed by atoms with Gasteiger partial charge in [-0.15, -0.1) is 11.6 Å². The van der Waals surface area contributed by atoms with E-state index in [9.17, 15) is 0 Å². The lowest BCUT2D eigenvalue weighted by Gasteiger charge is -2.23. The SMILES string of the molecule is Clc1ccc(C(Cl)CCC2CCCCO2)cc1. The standard InChI is InChI=1S/C14H18Cl2O/c15-12-6-4-11(5-7-12)14(16)9-8-13-3-1-2-10-17-13/h4-7,13-14H,1-3,8-10H2.